The van der Waals surface area contributed by atoms with Gasteiger partial charge in [-0.15, -0.1) is 5.06 Å². The molecule has 0 aromatic heterocycles. The number of piperidine rings is 1. The Balaban J connectivity index is 2.23. The molecule has 1 fully saturated rings. The van der Waals surface area contributed by atoms with Crippen LogP contribution in [0.2, 0.25) is 0 Å². The first-order chi connectivity index (χ1) is 11.5. The van der Waals surface area contributed by atoms with Crippen LogP contribution >= 0.6 is 0 Å². The summed E-state index contributed by atoms with van der Waals surface area (Å²) in [6.45, 7) is 13.9. The fraction of sp³-hybridized carbons (Fsp3) is 0.550. The van der Waals surface area contributed by atoms with Crippen LogP contribution in [0.5, 0.6) is 5.75 Å². The maximum absolute atomic E-state index is 12.8. The number of carbonyl (C=O) groups excluding carboxylic acids is 1. The molecule has 0 radical (unpaired) electrons. The summed E-state index contributed by atoms with van der Waals surface area (Å²) >= 11 is 0. The molecule has 1 aromatic rings. The number of hydrogen-bond donors (Lipinski definition) is 1. The number of carbonyl (C=O) groups is 1. The number of rotatable bonds is 5. The van der Waals surface area contributed by atoms with E-state index in [2.05, 4.69) is 6.58 Å². The molecule has 0 saturated carbocycles. The van der Waals surface area contributed by atoms with Crippen LogP contribution in [0.25, 0.3) is 0 Å². The summed E-state index contributed by atoms with van der Waals surface area (Å²) in [6, 6.07) is 7.03. The molecular formula is C20H29NO4. The molecule has 1 N–H and O–H groups in total. The molecule has 1 saturated heterocycles. The SMILES string of the molecule is C=C(C)COc1ccccc1C(=O)ON1C(C)(C)CC(O)CC1(C)C. The zero-order valence-corrected chi connectivity index (χ0v) is 15.8. The van der Waals surface area contributed by atoms with E-state index >= 15 is 0 Å². The van der Waals surface area contributed by atoms with Crippen LogP contribution in [0.15, 0.2) is 36.4 Å². The maximum atomic E-state index is 12.8. The fourth-order valence-corrected chi connectivity index (χ4v) is 3.55. The van der Waals surface area contributed by atoms with Crippen molar-refractivity contribution in [3.8, 4) is 5.75 Å². The highest BCUT2D eigenvalue weighted by Crippen LogP contribution is 2.39. The van der Waals surface area contributed by atoms with Crippen LogP contribution in [-0.4, -0.2) is 39.9 Å². The van der Waals surface area contributed by atoms with E-state index in [4.69, 9.17) is 9.57 Å². The smallest absolute Gasteiger partial charge is 0.360 e. The van der Waals surface area contributed by atoms with Crippen molar-refractivity contribution in [3.63, 3.8) is 0 Å². The molecule has 1 aliphatic heterocycles. The molecule has 0 amide bonds. The van der Waals surface area contributed by atoms with Gasteiger partial charge >= 0.3 is 5.97 Å². The second kappa shape index (κ2) is 7.18. The third-order valence-electron chi connectivity index (χ3n) is 4.33. The summed E-state index contributed by atoms with van der Waals surface area (Å²) in [5, 5.41) is 11.8. The van der Waals surface area contributed by atoms with Gasteiger partial charge in [-0.25, -0.2) is 4.79 Å². The molecule has 5 heteroatoms. The van der Waals surface area contributed by atoms with Gasteiger partial charge in [0.15, 0.2) is 0 Å². The number of aliphatic hydroxyl groups is 1. The lowest BCUT2D eigenvalue weighted by molar-refractivity contribution is -0.255. The highest BCUT2D eigenvalue weighted by Gasteiger charge is 2.48. The molecule has 1 heterocycles. The summed E-state index contributed by atoms with van der Waals surface area (Å²) in [7, 11) is 0. The lowest BCUT2D eigenvalue weighted by Crippen LogP contribution is -2.62. The highest BCUT2D eigenvalue weighted by atomic mass is 16.7. The van der Waals surface area contributed by atoms with E-state index in [1.165, 1.54) is 0 Å². The minimum absolute atomic E-state index is 0.344. The molecular weight excluding hydrogens is 318 g/mol. The topological polar surface area (TPSA) is 59.0 Å². The van der Waals surface area contributed by atoms with Crippen molar-refractivity contribution in [1.82, 2.24) is 5.06 Å². The average molecular weight is 347 g/mol. The molecule has 0 aliphatic carbocycles. The van der Waals surface area contributed by atoms with Crippen LogP contribution in [-0.2, 0) is 4.84 Å². The van der Waals surface area contributed by atoms with Crippen molar-refractivity contribution in [2.24, 2.45) is 0 Å². The number of nitrogens with zero attached hydrogens (tertiary/aromatic N) is 1. The van der Waals surface area contributed by atoms with Gasteiger partial charge in [-0.2, -0.15) is 0 Å². The zero-order valence-electron chi connectivity index (χ0n) is 15.8. The van der Waals surface area contributed by atoms with Crippen molar-refractivity contribution in [1.29, 1.82) is 0 Å². The van der Waals surface area contributed by atoms with E-state index in [1.54, 1.807) is 23.3 Å². The molecule has 1 aromatic carbocycles. The quantitative estimate of drug-likeness (QED) is 0.823. The van der Waals surface area contributed by atoms with Crippen molar-refractivity contribution in [3.05, 3.63) is 42.0 Å². The van der Waals surface area contributed by atoms with E-state index in [0.29, 0.717) is 30.8 Å². The van der Waals surface area contributed by atoms with Gasteiger partial charge in [0.05, 0.1) is 17.2 Å². The van der Waals surface area contributed by atoms with E-state index in [9.17, 15) is 9.90 Å². The monoisotopic (exact) mass is 347 g/mol. The lowest BCUT2D eigenvalue weighted by Gasteiger charge is -2.51. The Hall–Kier alpha value is -1.85. The predicted octanol–water partition coefficient (Wildman–Crippen LogP) is 3.73. The van der Waals surface area contributed by atoms with Crippen LogP contribution in [0.3, 0.4) is 0 Å². The van der Waals surface area contributed by atoms with Crippen molar-refractivity contribution in [2.75, 3.05) is 6.61 Å². The van der Waals surface area contributed by atoms with Gasteiger partial charge < -0.3 is 14.7 Å². The summed E-state index contributed by atoms with van der Waals surface area (Å²) in [5.74, 6) is 0.0120. The van der Waals surface area contributed by atoms with E-state index in [-0.39, 0.29) is 0 Å². The fourth-order valence-electron chi connectivity index (χ4n) is 3.55. The first kappa shape index (κ1) is 19.5. The Morgan fingerprint density at radius 3 is 2.36 bits per heavy atom. The summed E-state index contributed by atoms with van der Waals surface area (Å²) in [4.78, 5) is 18.6. The largest absolute Gasteiger partial charge is 0.488 e. The van der Waals surface area contributed by atoms with Crippen LogP contribution in [0.4, 0.5) is 0 Å². The van der Waals surface area contributed by atoms with Gasteiger partial charge in [0.1, 0.15) is 17.9 Å². The number of para-hydroxylation sites is 1. The Labute approximate surface area is 150 Å². The molecule has 1 aliphatic rings. The third kappa shape index (κ3) is 4.61. The van der Waals surface area contributed by atoms with Crippen molar-refractivity contribution < 1.29 is 19.5 Å². The number of ether oxygens (including phenoxy) is 1. The summed E-state index contributed by atoms with van der Waals surface area (Å²) in [6.07, 6.45) is 0.667. The lowest BCUT2D eigenvalue weighted by atomic mass is 9.80. The van der Waals surface area contributed by atoms with E-state index in [1.807, 2.05) is 40.7 Å². The molecule has 0 spiro atoms. The number of benzene rings is 1. The van der Waals surface area contributed by atoms with Gasteiger partial charge in [0.2, 0.25) is 0 Å². The molecule has 2 rings (SSSR count). The predicted molar refractivity (Wildman–Crippen MR) is 97.4 cm³/mol. The Kier molecular flexibility index (Phi) is 5.59. The first-order valence-corrected chi connectivity index (χ1v) is 8.60. The first-order valence-electron chi connectivity index (χ1n) is 8.60. The van der Waals surface area contributed by atoms with Crippen molar-refractivity contribution in [2.45, 2.75) is 64.6 Å². The number of hydrogen-bond acceptors (Lipinski definition) is 5. The zero-order chi connectivity index (χ0) is 18.8. The highest BCUT2D eigenvalue weighted by molar-refractivity contribution is 5.92. The van der Waals surface area contributed by atoms with Gasteiger partial charge in [-0.1, -0.05) is 18.7 Å². The van der Waals surface area contributed by atoms with Gasteiger partial charge in [-0.3, -0.25) is 0 Å². The Morgan fingerprint density at radius 2 is 1.80 bits per heavy atom. The standard InChI is InChI=1S/C20H29NO4/c1-14(2)13-24-17-10-8-7-9-16(17)18(23)25-21-19(3,4)11-15(22)12-20(21,5)6/h7-10,15,22H,1,11-13H2,2-6H3. The molecule has 0 bridgehead atoms. The number of hydroxylamine groups is 2. The van der Waals surface area contributed by atoms with E-state index < -0.39 is 23.2 Å². The van der Waals surface area contributed by atoms with E-state index in [0.717, 1.165) is 5.57 Å². The average Bonchev–Trinajstić information content (AvgIpc) is 2.47. The normalized spacial score (nSPS) is 20.1. The van der Waals surface area contributed by atoms with Gasteiger partial charge in [-0.05, 0) is 65.2 Å². The molecule has 0 atom stereocenters. The van der Waals surface area contributed by atoms with Gasteiger partial charge in [0, 0.05) is 0 Å². The summed E-state index contributed by atoms with van der Waals surface area (Å²) < 4.78 is 5.67. The molecule has 138 valence electrons. The minimum atomic E-state index is -0.468. The molecule has 0 unspecified atom stereocenters. The van der Waals surface area contributed by atoms with Crippen molar-refractivity contribution >= 4 is 5.97 Å². The van der Waals surface area contributed by atoms with Crippen LogP contribution in [0, 0.1) is 0 Å². The van der Waals surface area contributed by atoms with Crippen LogP contribution < -0.4 is 4.74 Å². The second-order valence-corrected chi connectivity index (χ2v) is 8.10. The maximum Gasteiger partial charge on any atom is 0.360 e. The second-order valence-electron chi connectivity index (χ2n) is 8.10. The molecule has 5 nitrogen and oxygen atoms in total. The Morgan fingerprint density at radius 1 is 1.24 bits per heavy atom. The summed E-state index contributed by atoms with van der Waals surface area (Å²) in [5.41, 5.74) is 0.311. The number of aliphatic hydroxyl groups excluding tert-OH is 1. The third-order valence-corrected chi connectivity index (χ3v) is 4.33. The van der Waals surface area contributed by atoms with Gasteiger partial charge in [0.25, 0.3) is 0 Å². The molecule has 25 heavy (non-hydrogen) atoms. The van der Waals surface area contributed by atoms with Crippen LogP contribution in [0.1, 0.15) is 57.8 Å². The minimum Gasteiger partial charge on any atom is -0.488 e. The Bertz CT molecular complexity index is 633.